The number of aryl methyl sites for hydroxylation is 1. The summed E-state index contributed by atoms with van der Waals surface area (Å²) in [5.41, 5.74) is 1.98. The Morgan fingerprint density at radius 3 is 2.71 bits per heavy atom. The first-order valence-corrected chi connectivity index (χ1v) is 10.5. The predicted molar refractivity (Wildman–Crippen MR) is 102 cm³/mol. The van der Waals surface area contributed by atoms with Crippen LogP contribution in [0.5, 0.6) is 0 Å². The lowest BCUT2D eigenvalue weighted by molar-refractivity contribution is 0.265. The van der Waals surface area contributed by atoms with Gasteiger partial charge in [-0.25, -0.2) is 12.8 Å². The Labute approximate surface area is 163 Å². The second-order valence-corrected chi connectivity index (χ2v) is 8.92. The van der Waals surface area contributed by atoms with Gasteiger partial charge in [0, 0.05) is 18.7 Å². The van der Waals surface area contributed by atoms with E-state index in [9.17, 15) is 12.8 Å². The molecule has 1 fully saturated rings. The van der Waals surface area contributed by atoms with Crippen LogP contribution in [-0.4, -0.2) is 36.0 Å². The number of halogens is 1. The lowest BCUT2D eigenvalue weighted by Crippen LogP contribution is -2.39. The topological polar surface area (TPSA) is 76.3 Å². The summed E-state index contributed by atoms with van der Waals surface area (Å²) in [5, 5.41) is 4.04. The van der Waals surface area contributed by atoms with Crippen LogP contribution in [0, 0.1) is 12.7 Å². The van der Waals surface area contributed by atoms with Crippen molar-refractivity contribution >= 4 is 10.0 Å². The van der Waals surface area contributed by atoms with Crippen molar-refractivity contribution < 1.29 is 17.3 Å². The zero-order valence-corrected chi connectivity index (χ0v) is 16.2. The molecule has 8 heteroatoms. The Morgan fingerprint density at radius 2 is 1.96 bits per heavy atom. The van der Waals surface area contributed by atoms with Gasteiger partial charge in [0.15, 0.2) is 0 Å². The van der Waals surface area contributed by atoms with Crippen molar-refractivity contribution in [2.24, 2.45) is 0 Å². The summed E-state index contributed by atoms with van der Waals surface area (Å²) < 4.78 is 46.0. The molecule has 2 heterocycles. The molecule has 0 amide bonds. The number of hydrogen-bond donors (Lipinski definition) is 0. The van der Waals surface area contributed by atoms with E-state index in [0.29, 0.717) is 24.7 Å². The van der Waals surface area contributed by atoms with Crippen LogP contribution in [-0.2, 0) is 10.0 Å². The first-order chi connectivity index (χ1) is 13.4. The van der Waals surface area contributed by atoms with Crippen molar-refractivity contribution in [3.63, 3.8) is 0 Å². The number of hydrogen-bond acceptors (Lipinski definition) is 5. The summed E-state index contributed by atoms with van der Waals surface area (Å²) in [6.45, 7) is 2.61. The van der Waals surface area contributed by atoms with E-state index in [1.807, 2.05) is 31.2 Å². The van der Waals surface area contributed by atoms with Gasteiger partial charge in [0.2, 0.25) is 21.7 Å². The molecule has 1 aromatic heterocycles. The van der Waals surface area contributed by atoms with Gasteiger partial charge in [-0.2, -0.15) is 9.29 Å². The molecule has 146 valence electrons. The van der Waals surface area contributed by atoms with Crippen LogP contribution in [0.15, 0.2) is 57.9 Å². The van der Waals surface area contributed by atoms with E-state index >= 15 is 0 Å². The van der Waals surface area contributed by atoms with Crippen LogP contribution in [0.25, 0.3) is 11.4 Å². The Hall–Kier alpha value is -2.58. The molecular formula is C20H20FN3O3S. The van der Waals surface area contributed by atoms with E-state index in [1.165, 1.54) is 22.5 Å². The maximum absolute atomic E-state index is 13.5. The number of benzene rings is 2. The smallest absolute Gasteiger partial charge is 0.243 e. The Kier molecular flexibility index (Phi) is 4.99. The van der Waals surface area contributed by atoms with Crippen molar-refractivity contribution in [2.75, 3.05) is 13.1 Å². The fourth-order valence-electron chi connectivity index (χ4n) is 3.36. The van der Waals surface area contributed by atoms with E-state index in [1.54, 1.807) is 0 Å². The predicted octanol–water partition coefficient (Wildman–Crippen LogP) is 3.75. The first kappa shape index (κ1) is 18.8. The van der Waals surface area contributed by atoms with Gasteiger partial charge in [0.1, 0.15) is 5.82 Å². The van der Waals surface area contributed by atoms with Crippen molar-refractivity contribution in [2.45, 2.75) is 30.6 Å². The lowest BCUT2D eigenvalue weighted by atomic mass is 10.00. The number of sulfonamides is 1. The normalized spacial score (nSPS) is 18.3. The van der Waals surface area contributed by atoms with Crippen LogP contribution in [0.2, 0.25) is 0 Å². The molecule has 1 saturated heterocycles. The SMILES string of the molecule is Cc1ccc(-c2noc([C@H]3CCCN(S(=O)(=O)c4cccc(F)c4)C3)n2)cc1. The minimum absolute atomic E-state index is 0.0426. The maximum atomic E-state index is 13.5. The third-order valence-electron chi connectivity index (χ3n) is 4.92. The molecule has 0 radical (unpaired) electrons. The molecule has 28 heavy (non-hydrogen) atoms. The Morgan fingerprint density at radius 1 is 1.18 bits per heavy atom. The molecule has 3 aromatic rings. The van der Waals surface area contributed by atoms with Gasteiger partial charge in [-0.3, -0.25) is 0 Å². The van der Waals surface area contributed by atoms with Crippen molar-refractivity contribution in [1.82, 2.24) is 14.4 Å². The van der Waals surface area contributed by atoms with Crippen molar-refractivity contribution in [3.05, 3.63) is 65.8 Å². The van der Waals surface area contributed by atoms with Crippen LogP contribution >= 0.6 is 0 Å². The highest BCUT2D eigenvalue weighted by atomic mass is 32.2. The second-order valence-electron chi connectivity index (χ2n) is 6.98. The average Bonchev–Trinajstić information content (AvgIpc) is 3.19. The van der Waals surface area contributed by atoms with Gasteiger partial charge >= 0.3 is 0 Å². The fraction of sp³-hybridized carbons (Fsp3) is 0.300. The highest BCUT2D eigenvalue weighted by molar-refractivity contribution is 7.89. The molecule has 0 bridgehead atoms. The summed E-state index contributed by atoms with van der Waals surface area (Å²) in [6.07, 6.45) is 1.42. The summed E-state index contributed by atoms with van der Waals surface area (Å²) >= 11 is 0. The van der Waals surface area contributed by atoms with Gasteiger partial charge in [-0.15, -0.1) is 0 Å². The third-order valence-corrected chi connectivity index (χ3v) is 6.78. The van der Waals surface area contributed by atoms with E-state index in [2.05, 4.69) is 10.1 Å². The minimum atomic E-state index is -3.77. The van der Waals surface area contributed by atoms with E-state index in [4.69, 9.17) is 4.52 Å². The van der Waals surface area contributed by atoms with Crippen LogP contribution in [0.3, 0.4) is 0 Å². The molecule has 0 aliphatic carbocycles. The van der Waals surface area contributed by atoms with Crippen molar-refractivity contribution in [3.8, 4) is 11.4 Å². The van der Waals surface area contributed by atoms with Crippen LogP contribution < -0.4 is 0 Å². The molecule has 6 nitrogen and oxygen atoms in total. The van der Waals surface area contributed by atoms with Gasteiger partial charge < -0.3 is 4.52 Å². The highest BCUT2D eigenvalue weighted by Gasteiger charge is 2.33. The minimum Gasteiger partial charge on any atom is -0.339 e. The van der Waals surface area contributed by atoms with Crippen molar-refractivity contribution in [1.29, 1.82) is 0 Å². The summed E-state index contributed by atoms with van der Waals surface area (Å²) in [6, 6.07) is 12.9. The summed E-state index contributed by atoms with van der Waals surface area (Å²) in [5.74, 6) is 0.146. The molecule has 4 rings (SSSR count). The van der Waals surface area contributed by atoms with E-state index in [-0.39, 0.29) is 17.4 Å². The van der Waals surface area contributed by atoms with Crippen LogP contribution in [0.1, 0.15) is 30.2 Å². The van der Waals surface area contributed by atoms with E-state index in [0.717, 1.165) is 23.6 Å². The Balaban J connectivity index is 1.55. The number of aromatic nitrogens is 2. The van der Waals surface area contributed by atoms with Gasteiger partial charge in [0.25, 0.3) is 0 Å². The molecule has 0 N–H and O–H groups in total. The molecule has 1 aliphatic rings. The quantitative estimate of drug-likeness (QED) is 0.665. The van der Waals surface area contributed by atoms with E-state index < -0.39 is 15.8 Å². The Bertz CT molecular complexity index is 1080. The first-order valence-electron chi connectivity index (χ1n) is 9.10. The van der Waals surface area contributed by atoms with Gasteiger partial charge in [-0.1, -0.05) is 41.1 Å². The summed E-state index contributed by atoms with van der Waals surface area (Å²) in [7, 11) is -3.77. The third kappa shape index (κ3) is 3.70. The highest BCUT2D eigenvalue weighted by Crippen LogP contribution is 2.30. The second kappa shape index (κ2) is 7.44. The average molecular weight is 401 g/mol. The summed E-state index contributed by atoms with van der Waals surface area (Å²) in [4.78, 5) is 4.44. The zero-order valence-electron chi connectivity index (χ0n) is 15.4. The number of nitrogens with zero attached hydrogens (tertiary/aromatic N) is 3. The zero-order chi connectivity index (χ0) is 19.7. The lowest BCUT2D eigenvalue weighted by Gasteiger charge is -2.30. The van der Waals surface area contributed by atoms with Gasteiger partial charge in [-0.05, 0) is 38.0 Å². The maximum Gasteiger partial charge on any atom is 0.243 e. The monoisotopic (exact) mass is 401 g/mol. The molecule has 1 atom stereocenters. The molecule has 0 saturated carbocycles. The molecule has 0 spiro atoms. The molecule has 0 unspecified atom stereocenters. The van der Waals surface area contributed by atoms with Gasteiger partial charge in [0.05, 0.1) is 10.8 Å². The molecular weight excluding hydrogens is 381 g/mol. The molecule has 2 aromatic carbocycles. The molecule has 1 aliphatic heterocycles. The largest absolute Gasteiger partial charge is 0.339 e. The number of rotatable bonds is 4. The van der Waals surface area contributed by atoms with Crippen LogP contribution in [0.4, 0.5) is 4.39 Å². The standard InChI is InChI=1S/C20H20FN3O3S/c1-14-7-9-15(10-8-14)19-22-20(27-23-19)16-4-3-11-24(13-16)28(25,26)18-6-2-5-17(21)12-18/h2,5-10,12,16H,3-4,11,13H2,1H3/t16-/m0/s1. The fourth-order valence-corrected chi connectivity index (χ4v) is 4.92. The number of piperidine rings is 1.